The average Bonchev–Trinajstić information content (AvgIpc) is 3.81. The molecular formula is C54H37N2P. The Kier molecular flexibility index (Phi) is 8.16. The minimum atomic E-state index is -0.743. The summed E-state index contributed by atoms with van der Waals surface area (Å²) in [6.45, 7) is 0. The van der Waals surface area contributed by atoms with Crippen LogP contribution in [-0.4, -0.2) is 9.13 Å². The molecule has 0 aliphatic heterocycles. The number of nitrogens with zero attached hydrogens (tertiary/aromatic N) is 2. The summed E-state index contributed by atoms with van der Waals surface area (Å²) in [7, 11) is -0.743. The van der Waals surface area contributed by atoms with E-state index < -0.39 is 7.92 Å². The summed E-state index contributed by atoms with van der Waals surface area (Å²) in [5, 5.41) is 9.14. The molecule has 268 valence electrons. The van der Waals surface area contributed by atoms with Crippen LogP contribution in [0.25, 0.3) is 77.2 Å². The predicted octanol–water partition coefficient (Wildman–Crippen LogP) is 13.0. The van der Waals surface area contributed by atoms with Crippen molar-refractivity contribution in [1.82, 2.24) is 9.13 Å². The van der Waals surface area contributed by atoms with Gasteiger partial charge in [0.1, 0.15) is 0 Å². The number of aromatic nitrogens is 2. The highest BCUT2D eigenvalue weighted by Gasteiger charge is 2.18. The fourth-order valence-corrected chi connectivity index (χ4v) is 10.9. The van der Waals surface area contributed by atoms with Crippen LogP contribution in [0.4, 0.5) is 0 Å². The SMILES string of the molecule is c1ccc(P(c2ccc(-c3ccc(-n4c5ccccc5c5ccccc54)cc3)cc2)c2ccc(-c3ccc(-n4c5ccccc5c5ccccc54)cc3)cc2)cc1. The lowest BCUT2D eigenvalue weighted by molar-refractivity contribution is 1.18. The molecule has 0 radical (unpaired) electrons. The van der Waals surface area contributed by atoms with E-state index in [-0.39, 0.29) is 0 Å². The smallest absolute Gasteiger partial charge is 0.0541 e. The lowest BCUT2D eigenvalue weighted by Crippen LogP contribution is -2.20. The first kappa shape index (κ1) is 33.4. The second kappa shape index (κ2) is 13.9. The Bertz CT molecular complexity index is 2890. The van der Waals surface area contributed by atoms with E-state index in [1.807, 2.05) is 0 Å². The van der Waals surface area contributed by atoms with Crippen LogP contribution in [0, 0.1) is 0 Å². The molecule has 0 unspecified atom stereocenters. The van der Waals surface area contributed by atoms with Gasteiger partial charge in [-0.25, -0.2) is 0 Å². The number of hydrogen-bond donors (Lipinski definition) is 0. The van der Waals surface area contributed by atoms with E-state index in [0.717, 1.165) is 0 Å². The van der Waals surface area contributed by atoms with Gasteiger partial charge in [0.15, 0.2) is 0 Å². The van der Waals surface area contributed by atoms with E-state index in [1.54, 1.807) is 0 Å². The molecule has 0 amide bonds. The minimum absolute atomic E-state index is 0.743. The Morgan fingerprint density at radius 1 is 0.228 bits per heavy atom. The monoisotopic (exact) mass is 744 g/mol. The summed E-state index contributed by atoms with van der Waals surface area (Å²) >= 11 is 0. The van der Waals surface area contributed by atoms with Crippen molar-refractivity contribution >= 4 is 67.4 Å². The molecule has 11 rings (SSSR count). The highest BCUT2D eigenvalue weighted by Crippen LogP contribution is 2.37. The summed E-state index contributed by atoms with van der Waals surface area (Å²) < 4.78 is 4.75. The van der Waals surface area contributed by atoms with Gasteiger partial charge in [0.25, 0.3) is 0 Å². The van der Waals surface area contributed by atoms with Crippen LogP contribution in [0.15, 0.2) is 224 Å². The van der Waals surface area contributed by atoms with Crippen molar-refractivity contribution in [2.75, 3.05) is 0 Å². The van der Waals surface area contributed by atoms with Crippen LogP contribution >= 0.6 is 7.92 Å². The Morgan fingerprint density at radius 2 is 0.491 bits per heavy atom. The van der Waals surface area contributed by atoms with Crippen molar-refractivity contribution in [2.45, 2.75) is 0 Å². The van der Waals surface area contributed by atoms with Crippen LogP contribution < -0.4 is 15.9 Å². The zero-order valence-corrected chi connectivity index (χ0v) is 32.1. The Labute approximate surface area is 333 Å². The van der Waals surface area contributed by atoms with Crippen molar-refractivity contribution in [3.8, 4) is 33.6 Å². The normalized spacial score (nSPS) is 11.7. The topological polar surface area (TPSA) is 9.86 Å². The van der Waals surface area contributed by atoms with Crippen LogP contribution in [0.1, 0.15) is 0 Å². The van der Waals surface area contributed by atoms with Gasteiger partial charge in [-0.15, -0.1) is 0 Å². The van der Waals surface area contributed by atoms with Gasteiger partial charge in [0.2, 0.25) is 0 Å². The lowest BCUT2D eigenvalue weighted by Gasteiger charge is -2.20. The maximum absolute atomic E-state index is 2.37. The molecule has 0 fully saturated rings. The first-order chi connectivity index (χ1) is 28.3. The lowest BCUT2D eigenvalue weighted by atomic mass is 10.1. The van der Waals surface area contributed by atoms with Gasteiger partial charge < -0.3 is 9.13 Å². The molecule has 2 aromatic heterocycles. The summed E-state index contributed by atoms with van der Waals surface area (Å²) in [5.41, 5.74) is 12.1. The zero-order valence-electron chi connectivity index (χ0n) is 31.2. The molecule has 9 aromatic carbocycles. The van der Waals surface area contributed by atoms with Gasteiger partial charge in [-0.05, 0) is 94.6 Å². The van der Waals surface area contributed by atoms with Crippen molar-refractivity contribution in [2.24, 2.45) is 0 Å². The first-order valence-electron chi connectivity index (χ1n) is 19.5. The van der Waals surface area contributed by atoms with Crippen molar-refractivity contribution in [3.63, 3.8) is 0 Å². The molecule has 0 N–H and O–H groups in total. The summed E-state index contributed by atoms with van der Waals surface area (Å²) in [6, 6.07) is 82.2. The quantitative estimate of drug-likeness (QED) is 0.144. The molecule has 0 aliphatic carbocycles. The molecule has 0 aliphatic rings. The average molecular weight is 745 g/mol. The minimum Gasteiger partial charge on any atom is -0.309 e. The molecule has 0 atom stereocenters. The molecule has 0 saturated heterocycles. The van der Waals surface area contributed by atoms with Gasteiger partial charge in [0, 0.05) is 32.9 Å². The van der Waals surface area contributed by atoms with E-state index in [4.69, 9.17) is 0 Å². The third-order valence-corrected chi connectivity index (χ3v) is 13.8. The highest BCUT2D eigenvalue weighted by molar-refractivity contribution is 7.79. The van der Waals surface area contributed by atoms with Gasteiger partial charge in [-0.3, -0.25) is 0 Å². The number of rotatable bonds is 7. The van der Waals surface area contributed by atoms with Crippen molar-refractivity contribution in [3.05, 3.63) is 224 Å². The first-order valence-corrected chi connectivity index (χ1v) is 20.9. The zero-order chi connectivity index (χ0) is 37.7. The van der Waals surface area contributed by atoms with Gasteiger partial charge in [0.05, 0.1) is 22.1 Å². The fraction of sp³-hybridized carbons (Fsp3) is 0. The second-order valence-corrected chi connectivity index (χ2v) is 16.8. The summed E-state index contributed by atoms with van der Waals surface area (Å²) in [5.74, 6) is 0. The number of para-hydroxylation sites is 4. The number of fused-ring (bicyclic) bond motifs is 6. The predicted molar refractivity (Wildman–Crippen MR) is 245 cm³/mol. The molecule has 0 saturated carbocycles. The maximum Gasteiger partial charge on any atom is 0.0541 e. The van der Waals surface area contributed by atoms with Crippen molar-refractivity contribution in [1.29, 1.82) is 0 Å². The van der Waals surface area contributed by atoms with Crippen LogP contribution in [0.3, 0.4) is 0 Å². The van der Waals surface area contributed by atoms with Gasteiger partial charge in [-0.1, -0.05) is 176 Å². The largest absolute Gasteiger partial charge is 0.309 e. The fourth-order valence-electron chi connectivity index (χ4n) is 8.64. The Hall–Kier alpha value is -6.99. The van der Waals surface area contributed by atoms with E-state index >= 15 is 0 Å². The van der Waals surface area contributed by atoms with Gasteiger partial charge in [-0.2, -0.15) is 0 Å². The molecule has 57 heavy (non-hydrogen) atoms. The number of benzene rings is 9. The van der Waals surface area contributed by atoms with E-state index in [2.05, 4.69) is 234 Å². The van der Waals surface area contributed by atoms with Crippen LogP contribution in [0.2, 0.25) is 0 Å². The Morgan fingerprint density at radius 3 is 0.825 bits per heavy atom. The van der Waals surface area contributed by atoms with Crippen LogP contribution in [0.5, 0.6) is 0 Å². The molecule has 0 spiro atoms. The van der Waals surface area contributed by atoms with Gasteiger partial charge >= 0.3 is 0 Å². The molecule has 3 heteroatoms. The number of hydrogen-bond acceptors (Lipinski definition) is 0. The second-order valence-electron chi connectivity index (χ2n) is 14.6. The highest BCUT2D eigenvalue weighted by atomic mass is 31.1. The molecule has 11 aromatic rings. The summed E-state index contributed by atoms with van der Waals surface area (Å²) in [6.07, 6.45) is 0. The standard InChI is InChI=1S/C54H37N2P/c1-2-12-44(13-3-1)57(45-34-26-40(27-35-45)38-22-30-42(31-23-38)55-51-18-8-4-14-47(51)48-15-5-9-19-52(48)55)46-36-28-41(29-37-46)39-24-32-43(33-25-39)56-53-20-10-6-16-49(53)50-17-7-11-21-54(50)56/h1-37H. The summed E-state index contributed by atoms with van der Waals surface area (Å²) in [4.78, 5) is 0. The molecule has 2 nitrogen and oxygen atoms in total. The molecular weight excluding hydrogens is 708 g/mol. The maximum atomic E-state index is 2.37. The third-order valence-electron chi connectivity index (χ3n) is 11.3. The molecule has 2 heterocycles. The van der Waals surface area contributed by atoms with E-state index in [9.17, 15) is 0 Å². The Balaban J connectivity index is 0.882. The van der Waals surface area contributed by atoms with E-state index in [0.29, 0.717) is 0 Å². The molecule has 0 bridgehead atoms. The van der Waals surface area contributed by atoms with Crippen molar-refractivity contribution < 1.29 is 0 Å². The van der Waals surface area contributed by atoms with Crippen LogP contribution in [-0.2, 0) is 0 Å². The third kappa shape index (κ3) is 5.77. The van der Waals surface area contributed by atoms with E-state index in [1.165, 1.54) is 93.2 Å².